The summed E-state index contributed by atoms with van der Waals surface area (Å²) >= 11 is 9.41. The topological polar surface area (TPSA) is 21.3 Å². The molecule has 0 fully saturated rings. The number of nitrogens with one attached hydrogen (secondary N) is 1. The Morgan fingerprint density at radius 2 is 2.05 bits per heavy atom. The van der Waals surface area contributed by atoms with Gasteiger partial charge in [0.2, 0.25) is 0 Å². The predicted octanol–water partition coefficient (Wildman–Crippen LogP) is 4.75. The molecule has 0 saturated carbocycles. The van der Waals surface area contributed by atoms with Crippen LogP contribution in [0, 0.1) is 5.82 Å². The Morgan fingerprint density at radius 1 is 1.29 bits per heavy atom. The maximum Gasteiger partial charge on any atom is 0.141 e. The van der Waals surface area contributed by atoms with E-state index in [1.165, 1.54) is 6.07 Å². The second kappa shape index (κ2) is 7.25. The van der Waals surface area contributed by atoms with Gasteiger partial charge in [-0.3, -0.25) is 0 Å². The molecule has 112 valence electrons. The van der Waals surface area contributed by atoms with Crippen LogP contribution in [0.2, 0.25) is 5.02 Å². The van der Waals surface area contributed by atoms with Gasteiger partial charge in [-0.05, 0) is 54.9 Å². The van der Waals surface area contributed by atoms with Crippen LogP contribution in [0.4, 0.5) is 4.39 Å². The fourth-order valence-corrected chi connectivity index (χ4v) is 2.77. The quantitative estimate of drug-likeness (QED) is 0.817. The van der Waals surface area contributed by atoms with Crippen molar-refractivity contribution in [2.75, 3.05) is 14.2 Å². The maximum atomic E-state index is 13.3. The SMILES string of the molecule is CNC(Cc1cc(OC)ccc1Br)c1ccc(F)c(Cl)c1. The smallest absolute Gasteiger partial charge is 0.141 e. The van der Waals surface area contributed by atoms with E-state index in [4.69, 9.17) is 16.3 Å². The summed E-state index contributed by atoms with van der Waals surface area (Å²) in [7, 11) is 3.51. The molecule has 1 unspecified atom stereocenters. The van der Waals surface area contributed by atoms with Crippen LogP contribution in [0.5, 0.6) is 5.75 Å². The Bertz CT molecular complexity index is 636. The first-order chi connectivity index (χ1) is 10.0. The standard InChI is InChI=1S/C16H16BrClFNO/c1-20-16(10-3-6-15(19)14(18)8-10)9-11-7-12(21-2)4-5-13(11)17/h3-8,16,20H,9H2,1-2H3. The lowest BCUT2D eigenvalue weighted by Gasteiger charge is -2.18. The highest BCUT2D eigenvalue weighted by atomic mass is 79.9. The molecule has 0 bridgehead atoms. The molecule has 2 rings (SSSR count). The van der Waals surface area contributed by atoms with E-state index in [-0.39, 0.29) is 11.1 Å². The van der Waals surface area contributed by atoms with Gasteiger partial charge in [-0.1, -0.05) is 33.6 Å². The van der Waals surface area contributed by atoms with Crippen molar-refractivity contribution in [3.63, 3.8) is 0 Å². The van der Waals surface area contributed by atoms with Crippen LogP contribution in [0.25, 0.3) is 0 Å². The zero-order chi connectivity index (χ0) is 15.4. The normalized spacial score (nSPS) is 12.2. The van der Waals surface area contributed by atoms with Gasteiger partial charge in [-0.15, -0.1) is 0 Å². The average molecular weight is 373 g/mol. The summed E-state index contributed by atoms with van der Waals surface area (Å²) in [6, 6.07) is 10.7. The van der Waals surface area contributed by atoms with Crippen molar-refractivity contribution in [1.29, 1.82) is 0 Å². The van der Waals surface area contributed by atoms with Crippen LogP contribution < -0.4 is 10.1 Å². The minimum atomic E-state index is -0.405. The van der Waals surface area contributed by atoms with Crippen molar-refractivity contribution in [3.8, 4) is 5.75 Å². The molecule has 0 radical (unpaired) electrons. The molecule has 0 aliphatic carbocycles. The number of ether oxygens (including phenoxy) is 1. The number of methoxy groups -OCH3 is 1. The molecule has 5 heteroatoms. The Morgan fingerprint density at radius 3 is 2.67 bits per heavy atom. The molecule has 0 aromatic heterocycles. The average Bonchev–Trinajstić information content (AvgIpc) is 2.49. The molecule has 0 amide bonds. The number of benzene rings is 2. The van der Waals surface area contributed by atoms with Gasteiger partial charge in [0.25, 0.3) is 0 Å². The van der Waals surface area contributed by atoms with Gasteiger partial charge < -0.3 is 10.1 Å². The molecule has 2 aromatic carbocycles. The van der Waals surface area contributed by atoms with Gasteiger partial charge in [-0.2, -0.15) is 0 Å². The van der Waals surface area contributed by atoms with E-state index in [1.807, 2.05) is 25.2 Å². The van der Waals surface area contributed by atoms with Crippen LogP contribution in [0.1, 0.15) is 17.2 Å². The second-order valence-corrected chi connectivity index (χ2v) is 5.94. The van der Waals surface area contributed by atoms with Crippen LogP contribution in [0.15, 0.2) is 40.9 Å². The first kappa shape index (κ1) is 16.3. The summed E-state index contributed by atoms with van der Waals surface area (Å²) in [5.74, 6) is 0.401. The van der Waals surface area contributed by atoms with E-state index in [0.29, 0.717) is 0 Å². The minimum absolute atomic E-state index is 0.0338. The molecular formula is C16H16BrClFNO. The number of hydrogen-bond acceptors (Lipinski definition) is 2. The molecule has 0 aliphatic heterocycles. The third kappa shape index (κ3) is 3.96. The Hall–Kier alpha value is -1.10. The van der Waals surface area contributed by atoms with Gasteiger partial charge in [-0.25, -0.2) is 4.39 Å². The van der Waals surface area contributed by atoms with Crippen molar-refractivity contribution in [3.05, 3.63) is 62.8 Å². The molecule has 1 atom stereocenters. The molecule has 21 heavy (non-hydrogen) atoms. The molecule has 0 aliphatic rings. The highest BCUT2D eigenvalue weighted by Gasteiger charge is 2.14. The molecule has 0 spiro atoms. The van der Waals surface area contributed by atoms with Gasteiger partial charge in [0, 0.05) is 10.5 Å². The van der Waals surface area contributed by atoms with Crippen LogP contribution in [-0.2, 0) is 6.42 Å². The third-order valence-electron chi connectivity index (χ3n) is 3.37. The summed E-state index contributed by atoms with van der Waals surface area (Å²) in [6.07, 6.45) is 0.732. The van der Waals surface area contributed by atoms with Gasteiger partial charge in [0.15, 0.2) is 0 Å². The zero-order valence-electron chi connectivity index (χ0n) is 11.8. The van der Waals surface area contributed by atoms with Crippen molar-refractivity contribution in [2.45, 2.75) is 12.5 Å². The Kier molecular flexibility index (Phi) is 5.62. The Balaban J connectivity index is 2.28. The maximum absolute atomic E-state index is 13.3. The van der Waals surface area contributed by atoms with Crippen molar-refractivity contribution in [1.82, 2.24) is 5.32 Å². The van der Waals surface area contributed by atoms with Crippen molar-refractivity contribution >= 4 is 27.5 Å². The lowest BCUT2D eigenvalue weighted by molar-refractivity contribution is 0.414. The predicted molar refractivity (Wildman–Crippen MR) is 87.6 cm³/mol. The Labute approximate surface area is 137 Å². The van der Waals surface area contributed by atoms with E-state index >= 15 is 0 Å². The van der Waals surface area contributed by atoms with E-state index in [0.717, 1.165) is 27.8 Å². The fraction of sp³-hybridized carbons (Fsp3) is 0.250. The number of likely N-dealkylation sites (N-methyl/N-ethyl adjacent to an activating group) is 1. The number of rotatable bonds is 5. The fourth-order valence-electron chi connectivity index (χ4n) is 2.17. The second-order valence-electron chi connectivity index (χ2n) is 4.68. The molecular weight excluding hydrogens is 357 g/mol. The molecule has 2 nitrogen and oxygen atoms in total. The number of halogens is 3. The number of hydrogen-bond donors (Lipinski definition) is 1. The molecule has 0 heterocycles. The minimum Gasteiger partial charge on any atom is -0.497 e. The van der Waals surface area contributed by atoms with Crippen LogP contribution >= 0.6 is 27.5 Å². The summed E-state index contributed by atoms with van der Waals surface area (Å²) in [6.45, 7) is 0. The van der Waals surface area contributed by atoms with E-state index in [9.17, 15) is 4.39 Å². The molecule has 0 saturated heterocycles. The first-order valence-electron chi connectivity index (χ1n) is 6.49. The van der Waals surface area contributed by atoms with E-state index in [1.54, 1.807) is 19.2 Å². The highest BCUT2D eigenvalue weighted by molar-refractivity contribution is 9.10. The summed E-state index contributed by atoms with van der Waals surface area (Å²) in [5.41, 5.74) is 2.05. The molecule has 2 aromatic rings. The van der Waals surface area contributed by atoms with Crippen molar-refractivity contribution in [2.24, 2.45) is 0 Å². The zero-order valence-corrected chi connectivity index (χ0v) is 14.1. The molecule has 1 N–H and O–H groups in total. The monoisotopic (exact) mass is 371 g/mol. The lowest BCUT2D eigenvalue weighted by atomic mass is 9.99. The van der Waals surface area contributed by atoms with Crippen LogP contribution in [-0.4, -0.2) is 14.2 Å². The van der Waals surface area contributed by atoms with Gasteiger partial charge in [0.1, 0.15) is 11.6 Å². The summed E-state index contributed by atoms with van der Waals surface area (Å²) in [5, 5.41) is 3.37. The highest BCUT2D eigenvalue weighted by Crippen LogP contribution is 2.28. The third-order valence-corrected chi connectivity index (χ3v) is 4.43. The van der Waals surface area contributed by atoms with E-state index < -0.39 is 5.82 Å². The van der Waals surface area contributed by atoms with E-state index in [2.05, 4.69) is 21.2 Å². The summed E-state index contributed by atoms with van der Waals surface area (Å²) < 4.78 is 19.5. The largest absolute Gasteiger partial charge is 0.497 e. The lowest BCUT2D eigenvalue weighted by Crippen LogP contribution is -2.19. The van der Waals surface area contributed by atoms with Crippen molar-refractivity contribution < 1.29 is 9.13 Å². The van der Waals surface area contributed by atoms with Crippen LogP contribution in [0.3, 0.4) is 0 Å². The van der Waals surface area contributed by atoms with Gasteiger partial charge in [0.05, 0.1) is 12.1 Å². The first-order valence-corrected chi connectivity index (χ1v) is 7.67. The summed E-state index contributed by atoms with van der Waals surface area (Å²) in [4.78, 5) is 0. The van der Waals surface area contributed by atoms with Gasteiger partial charge >= 0.3 is 0 Å².